The van der Waals surface area contributed by atoms with Crippen LogP contribution in [0.25, 0.3) is 0 Å². The molecule has 3 N–H and O–H groups in total. The van der Waals surface area contributed by atoms with E-state index in [9.17, 15) is 9.59 Å². The average Bonchev–Trinajstić information content (AvgIpc) is 2.46. The van der Waals surface area contributed by atoms with Crippen LogP contribution >= 0.6 is 0 Å². The number of aromatic nitrogens is 2. The number of rotatable bonds is 3. The first-order valence-corrected chi connectivity index (χ1v) is 7.30. The van der Waals surface area contributed by atoms with Gasteiger partial charge in [-0.25, -0.2) is 9.97 Å². The summed E-state index contributed by atoms with van der Waals surface area (Å²) in [4.78, 5) is 33.3. The van der Waals surface area contributed by atoms with Crippen molar-refractivity contribution in [3.8, 4) is 0 Å². The van der Waals surface area contributed by atoms with Gasteiger partial charge in [-0.15, -0.1) is 0 Å². The van der Waals surface area contributed by atoms with Crippen LogP contribution in [-0.2, 0) is 16.0 Å². The van der Waals surface area contributed by atoms with Crippen molar-refractivity contribution in [2.45, 2.75) is 32.1 Å². The first-order valence-electron chi connectivity index (χ1n) is 7.30. The predicted octanol–water partition coefficient (Wildman–Crippen LogP) is 0.453. The molecule has 3 heterocycles. The highest BCUT2D eigenvalue weighted by Gasteiger charge is 2.27. The van der Waals surface area contributed by atoms with Crippen molar-refractivity contribution >= 4 is 23.5 Å². The van der Waals surface area contributed by atoms with Crippen LogP contribution in [0.1, 0.15) is 31.2 Å². The zero-order chi connectivity index (χ0) is 14.8. The van der Waals surface area contributed by atoms with E-state index in [0.29, 0.717) is 25.1 Å². The van der Waals surface area contributed by atoms with Crippen molar-refractivity contribution in [1.29, 1.82) is 0 Å². The van der Waals surface area contributed by atoms with Crippen molar-refractivity contribution in [2.24, 2.45) is 11.7 Å². The lowest BCUT2D eigenvalue weighted by molar-refractivity contribution is -0.119. The monoisotopic (exact) mass is 289 g/mol. The number of nitrogens with two attached hydrogens (primary N) is 1. The van der Waals surface area contributed by atoms with Crippen LogP contribution in [0.15, 0.2) is 6.33 Å². The Morgan fingerprint density at radius 3 is 3.10 bits per heavy atom. The molecular formula is C14H19N5O2. The molecule has 2 aliphatic heterocycles. The molecule has 112 valence electrons. The van der Waals surface area contributed by atoms with Crippen molar-refractivity contribution in [3.63, 3.8) is 0 Å². The minimum Gasteiger partial charge on any atom is -0.370 e. The maximum absolute atomic E-state index is 11.5. The minimum absolute atomic E-state index is 0.00241. The molecule has 21 heavy (non-hydrogen) atoms. The number of amides is 2. The first kappa shape index (κ1) is 13.8. The van der Waals surface area contributed by atoms with Crippen LogP contribution in [-0.4, -0.2) is 34.9 Å². The SMILES string of the molecule is NC(=O)C[C@H]1CCCN(c2ncnc3c2CCC(=O)N3)C1. The summed E-state index contributed by atoms with van der Waals surface area (Å²) in [6.07, 6.45) is 5.06. The van der Waals surface area contributed by atoms with Gasteiger partial charge < -0.3 is 16.0 Å². The number of hydrogen-bond donors (Lipinski definition) is 2. The third-order valence-electron chi connectivity index (χ3n) is 4.09. The Morgan fingerprint density at radius 1 is 1.43 bits per heavy atom. The highest BCUT2D eigenvalue weighted by Crippen LogP contribution is 2.31. The van der Waals surface area contributed by atoms with Crippen LogP contribution in [0.2, 0.25) is 0 Å². The molecule has 1 aromatic rings. The molecule has 1 atom stereocenters. The summed E-state index contributed by atoms with van der Waals surface area (Å²) in [7, 11) is 0. The van der Waals surface area contributed by atoms with Gasteiger partial charge in [-0.3, -0.25) is 9.59 Å². The molecule has 0 spiro atoms. The van der Waals surface area contributed by atoms with Gasteiger partial charge in [0.25, 0.3) is 0 Å². The fourth-order valence-electron chi connectivity index (χ4n) is 3.16. The lowest BCUT2D eigenvalue weighted by Gasteiger charge is -2.35. The summed E-state index contributed by atoms with van der Waals surface area (Å²) in [5.74, 6) is 1.53. The molecule has 1 aromatic heterocycles. The third-order valence-corrected chi connectivity index (χ3v) is 4.09. The van der Waals surface area contributed by atoms with Crippen LogP contribution in [0.4, 0.5) is 11.6 Å². The summed E-state index contributed by atoms with van der Waals surface area (Å²) in [6, 6.07) is 0. The Bertz CT molecular complexity index is 574. The summed E-state index contributed by atoms with van der Waals surface area (Å²) in [6.45, 7) is 1.69. The van der Waals surface area contributed by atoms with Gasteiger partial charge in [0, 0.05) is 31.5 Å². The third kappa shape index (κ3) is 2.96. The van der Waals surface area contributed by atoms with Crippen LogP contribution in [0, 0.1) is 5.92 Å². The van der Waals surface area contributed by atoms with Gasteiger partial charge in [0.15, 0.2) is 0 Å². The van der Waals surface area contributed by atoms with Gasteiger partial charge in [-0.05, 0) is 25.2 Å². The average molecular weight is 289 g/mol. The predicted molar refractivity (Wildman–Crippen MR) is 77.7 cm³/mol. The minimum atomic E-state index is -0.251. The maximum Gasteiger partial charge on any atom is 0.225 e. The van der Waals surface area contributed by atoms with E-state index >= 15 is 0 Å². The lowest BCUT2D eigenvalue weighted by Crippen LogP contribution is -2.38. The molecule has 3 rings (SSSR count). The van der Waals surface area contributed by atoms with E-state index in [-0.39, 0.29) is 17.7 Å². The van der Waals surface area contributed by atoms with E-state index in [4.69, 9.17) is 5.73 Å². The molecule has 1 saturated heterocycles. The molecule has 0 unspecified atom stereocenters. The second-order valence-corrected chi connectivity index (χ2v) is 5.70. The number of piperidine rings is 1. The fourth-order valence-corrected chi connectivity index (χ4v) is 3.16. The number of nitrogens with one attached hydrogen (secondary N) is 1. The van der Waals surface area contributed by atoms with E-state index in [1.165, 1.54) is 6.33 Å². The zero-order valence-corrected chi connectivity index (χ0v) is 11.8. The smallest absolute Gasteiger partial charge is 0.225 e. The quantitative estimate of drug-likeness (QED) is 0.841. The number of hydrogen-bond acceptors (Lipinski definition) is 5. The summed E-state index contributed by atoms with van der Waals surface area (Å²) < 4.78 is 0. The molecule has 0 saturated carbocycles. The maximum atomic E-state index is 11.5. The van der Waals surface area contributed by atoms with Gasteiger partial charge in [0.2, 0.25) is 11.8 Å². The van der Waals surface area contributed by atoms with Crippen LogP contribution in [0.5, 0.6) is 0 Å². The van der Waals surface area contributed by atoms with E-state index in [0.717, 1.165) is 37.3 Å². The molecule has 0 aliphatic carbocycles. The Hall–Kier alpha value is -2.18. The number of fused-ring (bicyclic) bond motifs is 1. The molecule has 7 nitrogen and oxygen atoms in total. The molecule has 2 aliphatic rings. The number of primary amides is 1. The van der Waals surface area contributed by atoms with Gasteiger partial charge in [-0.1, -0.05) is 0 Å². The number of carbonyl (C=O) groups is 2. The van der Waals surface area contributed by atoms with Gasteiger partial charge in [0.1, 0.15) is 18.0 Å². The van der Waals surface area contributed by atoms with Gasteiger partial charge in [0.05, 0.1) is 0 Å². The van der Waals surface area contributed by atoms with E-state index in [1.807, 2.05) is 0 Å². The van der Waals surface area contributed by atoms with E-state index < -0.39 is 0 Å². The highest BCUT2D eigenvalue weighted by atomic mass is 16.2. The second kappa shape index (κ2) is 5.67. The Labute approximate surface area is 122 Å². The second-order valence-electron chi connectivity index (χ2n) is 5.70. The number of nitrogens with zero attached hydrogens (tertiary/aromatic N) is 3. The topological polar surface area (TPSA) is 101 Å². The van der Waals surface area contributed by atoms with Crippen molar-refractivity contribution in [3.05, 3.63) is 11.9 Å². The Morgan fingerprint density at radius 2 is 2.29 bits per heavy atom. The Balaban J connectivity index is 1.82. The Kier molecular flexibility index (Phi) is 3.72. The molecule has 0 bridgehead atoms. The normalized spacial score (nSPS) is 21.6. The molecule has 0 aromatic carbocycles. The fraction of sp³-hybridized carbons (Fsp3) is 0.571. The zero-order valence-electron chi connectivity index (χ0n) is 11.8. The first-order chi connectivity index (χ1) is 10.1. The van der Waals surface area contributed by atoms with Crippen molar-refractivity contribution < 1.29 is 9.59 Å². The summed E-state index contributed by atoms with van der Waals surface area (Å²) >= 11 is 0. The van der Waals surface area contributed by atoms with Crippen LogP contribution in [0.3, 0.4) is 0 Å². The standard InChI is InChI=1S/C14H19N5O2/c15-11(20)6-9-2-1-5-19(7-9)14-10-3-4-12(21)18-13(10)16-8-17-14/h8-9H,1-7H2,(H2,15,20)(H,16,17,18,21)/t9-/m1/s1. The molecular weight excluding hydrogens is 270 g/mol. The summed E-state index contributed by atoms with van der Waals surface area (Å²) in [5, 5.41) is 2.79. The van der Waals surface area contributed by atoms with E-state index in [1.54, 1.807) is 0 Å². The van der Waals surface area contributed by atoms with Crippen molar-refractivity contribution in [2.75, 3.05) is 23.3 Å². The molecule has 1 fully saturated rings. The number of anilines is 2. The van der Waals surface area contributed by atoms with E-state index in [2.05, 4.69) is 20.2 Å². The molecule has 0 radical (unpaired) electrons. The molecule has 7 heteroatoms. The van der Waals surface area contributed by atoms with Crippen LogP contribution < -0.4 is 16.0 Å². The van der Waals surface area contributed by atoms with Gasteiger partial charge in [-0.2, -0.15) is 0 Å². The summed E-state index contributed by atoms with van der Waals surface area (Å²) in [5.41, 5.74) is 6.30. The lowest BCUT2D eigenvalue weighted by atomic mass is 9.94. The van der Waals surface area contributed by atoms with Crippen molar-refractivity contribution in [1.82, 2.24) is 9.97 Å². The largest absolute Gasteiger partial charge is 0.370 e. The number of carbonyl (C=O) groups excluding carboxylic acids is 2. The van der Waals surface area contributed by atoms with Gasteiger partial charge >= 0.3 is 0 Å². The highest BCUT2D eigenvalue weighted by molar-refractivity contribution is 5.93. The molecule has 2 amide bonds.